The van der Waals surface area contributed by atoms with Crippen LogP contribution in [0.25, 0.3) is 0 Å². The Morgan fingerprint density at radius 2 is 1.90 bits per heavy atom. The molecular weight excluding hydrogens is 250 g/mol. The zero-order valence-corrected chi connectivity index (χ0v) is 12.9. The van der Waals surface area contributed by atoms with Gasteiger partial charge in [0, 0.05) is 17.6 Å². The van der Waals surface area contributed by atoms with E-state index < -0.39 is 0 Å². The highest BCUT2D eigenvalue weighted by molar-refractivity contribution is 5.95. The molecule has 3 heteroatoms. The Kier molecular flexibility index (Phi) is 4.69. The summed E-state index contributed by atoms with van der Waals surface area (Å²) in [4.78, 5) is 14.8. The van der Waals surface area contributed by atoms with Crippen LogP contribution in [0.2, 0.25) is 0 Å². The first-order valence-corrected chi connectivity index (χ1v) is 7.58. The highest BCUT2D eigenvalue weighted by Gasteiger charge is 2.29. The molecule has 1 saturated heterocycles. The van der Waals surface area contributed by atoms with E-state index in [1.807, 2.05) is 43.0 Å². The van der Waals surface area contributed by atoms with Gasteiger partial charge < -0.3 is 9.64 Å². The van der Waals surface area contributed by atoms with Crippen molar-refractivity contribution in [2.75, 3.05) is 0 Å². The molecule has 1 aromatic carbocycles. The fourth-order valence-corrected chi connectivity index (χ4v) is 2.95. The molecular formula is C17H25NO2. The molecule has 20 heavy (non-hydrogen) atoms. The first kappa shape index (κ1) is 14.9. The minimum atomic E-state index is 0.119. The van der Waals surface area contributed by atoms with Gasteiger partial charge in [-0.2, -0.15) is 0 Å². The molecule has 2 atom stereocenters. The molecule has 1 aliphatic heterocycles. The predicted octanol–water partition coefficient (Wildman–Crippen LogP) is 3.88. The molecule has 0 N–H and O–H groups in total. The molecule has 0 aliphatic carbocycles. The summed E-state index contributed by atoms with van der Waals surface area (Å²) in [5, 5.41) is 0. The number of carbonyl (C=O) groups excluding carboxylic acids is 1. The van der Waals surface area contributed by atoms with Crippen LogP contribution in [0.15, 0.2) is 24.3 Å². The number of likely N-dealkylation sites (tertiary alicyclic amines) is 1. The van der Waals surface area contributed by atoms with Gasteiger partial charge in [-0.25, -0.2) is 0 Å². The maximum atomic E-state index is 12.7. The molecule has 1 amide bonds. The molecule has 2 unspecified atom stereocenters. The third-order valence-corrected chi connectivity index (χ3v) is 3.88. The molecule has 3 nitrogen and oxygen atoms in total. The second-order valence-corrected chi connectivity index (χ2v) is 6.04. The number of nitrogens with zero attached hydrogens (tertiary/aromatic N) is 1. The summed E-state index contributed by atoms with van der Waals surface area (Å²) in [7, 11) is 0. The minimum absolute atomic E-state index is 0.119. The Morgan fingerprint density at radius 1 is 1.25 bits per heavy atom. The van der Waals surface area contributed by atoms with Gasteiger partial charge in [-0.15, -0.1) is 0 Å². The molecule has 0 aromatic heterocycles. The van der Waals surface area contributed by atoms with Gasteiger partial charge in [-0.05, 0) is 65.2 Å². The molecule has 0 saturated carbocycles. The van der Waals surface area contributed by atoms with Crippen molar-refractivity contribution in [3.63, 3.8) is 0 Å². The lowest BCUT2D eigenvalue weighted by atomic mass is 9.96. The van der Waals surface area contributed by atoms with Crippen molar-refractivity contribution in [1.82, 2.24) is 4.90 Å². The maximum absolute atomic E-state index is 12.7. The lowest BCUT2D eigenvalue weighted by molar-refractivity contribution is 0.0510. The van der Waals surface area contributed by atoms with E-state index in [1.54, 1.807) is 0 Å². The molecule has 1 fully saturated rings. The van der Waals surface area contributed by atoms with E-state index >= 15 is 0 Å². The second kappa shape index (κ2) is 6.29. The van der Waals surface area contributed by atoms with Crippen LogP contribution in [0, 0.1) is 0 Å². The highest BCUT2D eigenvalue weighted by Crippen LogP contribution is 2.25. The average molecular weight is 275 g/mol. The number of hydrogen-bond donors (Lipinski definition) is 0. The fraction of sp³-hybridized carbons (Fsp3) is 0.588. The molecule has 1 aliphatic rings. The largest absolute Gasteiger partial charge is 0.491 e. The summed E-state index contributed by atoms with van der Waals surface area (Å²) in [6.07, 6.45) is 3.52. The number of piperidine rings is 1. The van der Waals surface area contributed by atoms with Crippen molar-refractivity contribution in [1.29, 1.82) is 0 Å². The summed E-state index contributed by atoms with van der Waals surface area (Å²) in [5.41, 5.74) is 0.726. The summed E-state index contributed by atoms with van der Waals surface area (Å²) >= 11 is 0. The zero-order valence-electron chi connectivity index (χ0n) is 12.9. The number of hydrogen-bond acceptors (Lipinski definition) is 2. The number of amides is 1. The molecule has 110 valence electrons. The van der Waals surface area contributed by atoms with E-state index in [4.69, 9.17) is 4.74 Å². The predicted molar refractivity (Wildman–Crippen MR) is 81.2 cm³/mol. The normalized spacial score (nSPS) is 22.9. The SMILES string of the molecule is CC(C)Oc1cccc(C(=O)N2C(C)CCCC2C)c1. The topological polar surface area (TPSA) is 29.5 Å². The third-order valence-electron chi connectivity index (χ3n) is 3.88. The average Bonchev–Trinajstić information content (AvgIpc) is 2.38. The monoisotopic (exact) mass is 275 g/mol. The Hall–Kier alpha value is -1.51. The van der Waals surface area contributed by atoms with Crippen LogP contribution >= 0.6 is 0 Å². The van der Waals surface area contributed by atoms with Crippen molar-refractivity contribution >= 4 is 5.91 Å². The molecule has 0 radical (unpaired) electrons. The third kappa shape index (κ3) is 3.33. The highest BCUT2D eigenvalue weighted by atomic mass is 16.5. The summed E-state index contributed by atoms with van der Waals surface area (Å²) in [5.74, 6) is 0.891. The maximum Gasteiger partial charge on any atom is 0.254 e. The minimum Gasteiger partial charge on any atom is -0.491 e. The van der Waals surface area contributed by atoms with Gasteiger partial charge in [-0.1, -0.05) is 6.07 Å². The van der Waals surface area contributed by atoms with Crippen molar-refractivity contribution in [3.05, 3.63) is 29.8 Å². The molecule has 0 spiro atoms. The van der Waals surface area contributed by atoms with Gasteiger partial charge in [0.15, 0.2) is 0 Å². The van der Waals surface area contributed by atoms with Crippen LogP contribution in [-0.2, 0) is 0 Å². The van der Waals surface area contributed by atoms with Crippen LogP contribution < -0.4 is 4.74 Å². The summed E-state index contributed by atoms with van der Waals surface area (Å²) in [6, 6.07) is 8.17. The molecule has 0 bridgehead atoms. The Bertz CT molecular complexity index is 460. The smallest absolute Gasteiger partial charge is 0.254 e. The van der Waals surface area contributed by atoms with Crippen molar-refractivity contribution in [2.45, 2.75) is 65.1 Å². The van der Waals surface area contributed by atoms with Crippen LogP contribution in [0.4, 0.5) is 0 Å². The number of benzene rings is 1. The number of rotatable bonds is 3. The van der Waals surface area contributed by atoms with Gasteiger partial charge >= 0.3 is 0 Å². The van der Waals surface area contributed by atoms with Gasteiger partial charge in [0.2, 0.25) is 0 Å². The zero-order chi connectivity index (χ0) is 14.7. The van der Waals surface area contributed by atoms with Crippen LogP contribution in [0.1, 0.15) is 57.3 Å². The Balaban J connectivity index is 2.19. The molecule has 1 heterocycles. The molecule has 2 rings (SSSR count). The van der Waals surface area contributed by atoms with E-state index in [-0.39, 0.29) is 12.0 Å². The van der Waals surface area contributed by atoms with Crippen LogP contribution in [-0.4, -0.2) is 29.0 Å². The van der Waals surface area contributed by atoms with Crippen molar-refractivity contribution in [3.8, 4) is 5.75 Å². The second-order valence-electron chi connectivity index (χ2n) is 6.04. The number of carbonyl (C=O) groups is 1. The summed E-state index contributed by atoms with van der Waals surface area (Å²) < 4.78 is 5.68. The van der Waals surface area contributed by atoms with Gasteiger partial charge in [0.05, 0.1) is 6.10 Å². The van der Waals surface area contributed by atoms with Crippen molar-refractivity contribution < 1.29 is 9.53 Å². The lowest BCUT2D eigenvalue weighted by Crippen LogP contribution is -2.47. The van der Waals surface area contributed by atoms with Crippen molar-refractivity contribution in [2.24, 2.45) is 0 Å². The first-order chi connectivity index (χ1) is 9.49. The van der Waals surface area contributed by atoms with E-state index in [2.05, 4.69) is 13.8 Å². The fourth-order valence-electron chi connectivity index (χ4n) is 2.95. The van der Waals surface area contributed by atoms with Gasteiger partial charge in [0.1, 0.15) is 5.75 Å². The first-order valence-electron chi connectivity index (χ1n) is 7.58. The van der Waals surface area contributed by atoms with E-state index in [0.717, 1.165) is 24.2 Å². The molecule has 1 aromatic rings. The van der Waals surface area contributed by atoms with Gasteiger partial charge in [-0.3, -0.25) is 4.79 Å². The van der Waals surface area contributed by atoms with Crippen LogP contribution in [0.3, 0.4) is 0 Å². The van der Waals surface area contributed by atoms with Gasteiger partial charge in [0.25, 0.3) is 5.91 Å². The van der Waals surface area contributed by atoms with Crippen LogP contribution in [0.5, 0.6) is 5.75 Å². The number of ether oxygens (including phenoxy) is 1. The Labute approximate surface area is 121 Å². The van der Waals surface area contributed by atoms with E-state index in [1.165, 1.54) is 6.42 Å². The van der Waals surface area contributed by atoms with E-state index in [9.17, 15) is 4.79 Å². The van der Waals surface area contributed by atoms with E-state index in [0.29, 0.717) is 12.1 Å². The standard InChI is InChI=1S/C17H25NO2/c1-12(2)20-16-10-6-9-15(11-16)17(19)18-13(3)7-5-8-14(18)4/h6,9-14H,5,7-8H2,1-4H3. The Morgan fingerprint density at radius 3 is 2.50 bits per heavy atom. The summed E-state index contributed by atoms with van der Waals surface area (Å²) in [6.45, 7) is 8.26. The quantitative estimate of drug-likeness (QED) is 0.838. The lowest BCUT2D eigenvalue weighted by Gasteiger charge is -2.39.